The van der Waals surface area contributed by atoms with Crippen LogP contribution in [0.2, 0.25) is 24.2 Å². The van der Waals surface area contributed by atoms with Crippen LogP contribution in [-0.2, 0) is 19.3 Å². The summed E-state index contributed by atoms with van der Waals surface area (Å²) in [6.07, 6.45) is 7.68. The molecule has 3 fully saturated rings. The number of hydrogen-bond acceptors (Lipinski definition) is 3. The van der Waals surface area contributed by atoms with Crippen molar-refractivity contribution in [3.8, 4) is 0 Å². The zero-order chi connectivity index (χ0) is 20.8. The van der Waals surface area contributed by atoms with Gasteiger partial charge in [0.1, 0.15) is 0 Å². The van der Waals surface area contributed by atoms with E-state index in [-0.39, 0.29) is 0 Å². The maximum atomic E-state index is 6.96. The predicted octanol–water partition coefficient (Wildman–Crippen LogP) is 5.21. The van der Waals surface area contributed by atoms with Crippen LogP contribution in [0.3, 0.4) is 0 Å². The molecule has 1 aromatic carbocycles. The Morgan fingerprint density at radius 3 is 2.20 bits per heavy atom. The molecule has 164 valence electrons. The van der Waals surface area contributed by atoms with Gasteiger partial charge in [-0.15, -0.1) is 0 Å². The lowest BCUT2D eigenvalue weighted by Crippen LogP contribution is -2.57. The van der Waals surface area contributed by atoms with Gasteiger partial charge in [-0.25, -0.2) is 0 Å². The molecule has 3 nitrogen and oxygen atoms in total. The topological polar surface area (TPSA) is 27.7 Å². The first-order chi connectivity index (χ1) is 14.7. The van der Waals surface area contributed by atoms with Crippen LogP contribution in [0.25, 0.3) is 0 Å². The van der Waals surface area contributed by atoms with E-state index in [9.17, 15) is 0 Å². The van der Waals surface area contributed by atoms with Crippen molar-refractivity contribution in [1.82, 2.24) is 0 Å². The van der Waals surface area contributed by atoms with Crippen LogP contribution in [-0.4, -0.2) is 46.2 Å². The summed E-state index contributed by atoms with van der Waals surface area (Å²) in [5.74, 6) is 0. The highest BCUT2D eigenvalue weighted by Gasteiger charge is 2.45. The molecule has 3 saturated heterocycles. The third-order valence-electron chi connectivity index (χ3n) is 6.89. The Morgan fingerprint density at radius 1 is 0.867 bits per heavy atom. The normalized spacial score (nSPS) is 26.5. The second-order valence-electron chi connectivity index (χ2n) is 9.31. The van der Waals surface area contributed by atoms with E-state index in [2.05, 4.69) is 38.1 Å². The van der Waals surface area contributed by atoms with E-state index >= 15 is 0 Å². The van der Waals surface area contributed by atoms with E-state index in [0.717, 1.165) is 25.9 Å². The number of benzene rings is 1. The summed E-state index contributed by atoms with van der Waals surface area (Å²) in [4.78, 5) is 0. The predicted molar refractivity (Wildman–Crippen MR) is 130 cm³/mol. The lowest BCUT2D eigenvalue weighted by Gasteiger charge is -2.41. The van der Waals surface area contributed by atoms with Gasteiger partial charge in [-0.3, -0.25) is 0 Å². The van der Waals surface area contributed by atoms with Gasteiger partial charge in [-0.1, -0.05) is 54.3 Å². The third-order valence-corrected chi connectivity index (χ3v) is 16.6. The largest absolute Gasteiger partial charge is 0.416 e. The van der Waals surface area contributed by atoms with Crippen molar-refractivity contribution in [3.63, 3.8) is 0 Å². The molecular formula is C24H38O3Si3. The van der Waals surface area contributed by atoms with Crippen molar-refractivity contribution in [2.75, 3.05) is 19.8 Å². The minimum atomic E-state index is -2.18. The van der Waals surface area contributed by atoms with Crippen molar-refractivity contribution in [2.24, 2.45) is 0 Å². The van der Waals surface area contributed by atoms with Crippen LogP contribution in [0.4, 0.5) is 0 Å². The molecule has 0 N–H and O–H groups in total. The first-order valence-corrected chi connectivity index (χ1v) is 17.8. The van der Waals surface area contributed by atoms with Crippen molar-refractivity contribution >= 4 is 31.6 Å². The number of allylic oxidation sites excluding steroid dienone is 2. The highest BCUT2D eigenvalue weighted by molar-refractivity contribution is 6.94. The van der Waals surface area contributed by atoms with Crippen molar-refractivity contribution in [1.29, 1.82) is 0 Å². The Hall–Kier alpha value is -0.509. The minimum Gasteiger partial charge on any atom is -0.416 e. The smallest absolute Gasteiger partial charge is 0.251 e. The fourth-order valence-corrected chi connectivity index (χ4v) is 16.2. The molecule has 6 heteroatoms. The van der Waals surface area contributed by atoms with Crippen LogP contribution in [0.15, 0.2) is 35.0 Å². The van der Waals surface area contributed by atoms with Gasteiger partial charge >= 0.3 is 0 Å². The summed E-state index contributed by atoms with van der Waals surface area (Å²) >= 11 is 0. The van der Waals surface area contributed by atoms with Gasteiger partial charge < -0.3 is 13.3 Å². The molecule has 4 rings (SSSR count). The van der Waals surface area contributed by atoms with Crippen LogP contribution >= 0.6 is 0 Å². The van der Waals surface area contributed by atoms with Crippen LogP contribution in [0.1, 0.15) is 57.9 Å². The average Bonchev–Trinajstić information content (AvgIpc) is 2.79. The maximum absolute atomic E-state index is 6.96. The fourth-order valence-electron chi connectivity index (χ4n) is 5.31. The van der Waals surface area contributed by atoms with Gasteiger partial charge in [0, 0.05) is 19.8 Å². The van der Waals surface area contributed by atoms with Gasteiger partial charge in [-0.05, 0) is 74.1 Å². The molecule has 1 atom stereocenters. The summed E-state index contributed by atoms with van der Waals surface area (Å²) in [6.45, 7) is 7.52. The first kappa shape index (κ1) is 22.7. The highest BCUT2D eigenvalue weighted by atomic mass is 28.4. The summed E-state index contributed by atoms with van der Waals surface area (Å²) in [6, 6.07) is 15.4. The van der Waals surface area contributed by atoms with Gasteiger partial charge in [-0.2, -0.15) is 0 Å². The quantitative estimate of drug-likeness (QED) is 0.548. The SMILES string of the molecule is CC(C)=C(C[Si]1CCCCO1)[Si]1(c2ccccc2C[Si]2CCCCO2)CCCCO1. The van der Waals surface area contributed by atoms with E-state index < -0.39 is 26.4 Å². The molecule has 0 saturated carbocycles. The van der Waals surface area contributed by atoms with Crippen LogP contribution in [0.5, 0.6) is 0 Å². The monoisotopic (exact) mass is 458 g/mol. The molecule has 0 spiro atoms. The third kappa shape index (κ3) is 5.27. The minimum absolute atomic E-state index is 0.726. The average molecular weight is 459 g/mol. The van der Waals surface area contributed by atoms with Gasteiger partial charge in [0.2, 0.25) is 18.1 Å². The zero-order valence-electron chi connectivity index (χ0n) is 18.9. The molecule has 30 heavy (non-hydrogen) atoms. The molecule has 0 aromatic heterocycles. The molecular weight excluding hydrogens is 421 g/mol. The molecule has 3 aliphatic rings. The second kappa shape index (κ2) is 10.9. The fraction of sp³-hybridized carbons (Fsp3) is 0.667. The summed E-state index contributed by atoms with van der Waals surface area (Å²) < 4.78 is 19.5. The molecule has 3 heterocycles. The van der Waals surface area contributed by atoms with Gasteiger partial charge in [0.15, 0.2) is 0 Å². The number of rotatable bonds is 6. The lowest BCUT2D eigenvalue weighted by atomic mass is 10.2. The molecule has 0 amide bonds. The van der Waals surface area contributed by atoms with E-state index in [0.29, 0.717) is 0 Å². The molecule has 1 aromatic rings. The van der Waals surface area contributed by atoms with Crippen molar-refractivity contribution in [2.45, 2.75) is 82.6 Å². The Labute approximate surface area is 187 Å². The Kier molecular flexibility index (Phi) is 8.22. The highest BCUT2D eigenvalue weighted by Crippen LogP contribution is 2.36. The Bertz CT molecular complexity index is 714. The number of hydrogen-bond donors (Lipinski definition) is 0. The molecule has 3 aliphatic heterocycles. The standard InChI is InChI=1S/C24H38O3Si3/c1-21(2)24(20-29-17-9-6-14-26-29)30(18-10-7-15-27-30)23-12-4-3-11-22(23)19-28-16-8-5-13-25-28/h3-4,11-12H,5-10,13-20H2,1-2H3. The van der Waals surface area contributed by atoms with E-state index in [4.69, 9.17) is 13.3 Å². The van der Waals surface area contributed by atoms with Gasteiger partial charge in [0.05, 0.1) is 0 Å². The van der Waals surface area contributed by atoms with Crippen molar-refractivity contribution in [3.05, 3.63) is 40.6 Å². The molecule has 0 bridgehead atoms. The Balaban J connectivity index is 1.68. The second-order valence-corrected chi connectivity index (χ2v) is 17.3. The van der Waals surface area contributed by atoms with E-state index in [1.54, 1.807) is 10.4 Å². The molecule has 1 unspecified atom stereocenters. The van der Waals surface area contributed by atoms with Crippen molar-refractivity contribution < 1.29 is 13.3 Å². The van der Waals surface area contributed by atoms with Gasteiger partial charge in [0.25, 0.3) is 8.32 Å². The Morgan fingerprint density at radius 2 is 1.57 bits per heavy atom. The van der Waals surface area contributed by atoms with E-state index in [1.807, 2.05) is 0 Å². The molecule has 2 radical (unpaired) electrons. The summed E-state index contributed by atoms with van der Waals surface area (Å²) in [7, 11) is -3.65. The first-order valence-electron chi connectivity index (χ1n) is 12.0. The lowest BCUT2D eigenvalue weighted by molar-refractivity contribution is 0.277. The summed E-state index contributed by atoms with van der Waals surface area (Å²) in [5, 5.41) is 3.22. The van der Waals surface area contributed by atoms with Crippen LogP contribution in [0, 0.1) is 0 Å². The summed E-state index contributed by atoms with van der Waals surface area (Å²) in [5.41, 5.74) is 3.02. The maximum Gasteiger partial charge on any atom is 0.251 e. The molecule has 0 aliphatic carbocycles. The van der Waals surface area contributed by atoms with Crippen LogP contribution < -0.4 is 5.19 Å². The van der Waals surface area contributed by atoms with E-state index in [1.165, 1.54) is 73.8 Å². The zero-order valence-corrected chi connectivity index (χ0v) is 21.9.